The minimum atomic E-state index is -0.982. The molecule has 10 nitrogen and oxygen atoms in total. The van der Waals surface area contributed by atoms with Crippen LogP contribution < -0.4 is 15.5 Å². The fraction of sp³-hybridized carbons (Fsp3) is 0.286. The summed E-state index contributed by atoms with van der Waals surface area (Å²) in [5, 5.41) is 14.0. The first-order valence-corrected chi connectivity index (χ1v) is 12.5. The lowest BCUT2D eigenvalue weighted by molar-refractivity contribution is -0.127. The number of hydrogen-bond acceptors (Lipinski definition) is 6. The van der Waals surface area contributed by atoms with Gasteiger partial charge in [-0.3, -0.25) is 24.3 Å². The minimum Gasteiger partial charge on any atom is -0.354 e. The summed E-state index contributed by atoms with van der Waals surface area (Å²) >= 11 is 0. The lowest BCUT2D eigenvalue weighted by Crippen LogP contribution is -2.45. The van der Waals surface area contributed by atoms with Crippen molar-refractivity contribution in [3.63, 3.8) is 0 Å². The second-order valence-corrected chi connectivity index (χ2v) is 9.39. The van der Waals surface area contributed by atoms with Crippen molar-refractivity contribution in [2.75, 3.05) is 16.8 Å². The number of amides is 3. The number of rotatable bonds is 10. The Bertz CT molecular complexity index is 1400. The van der Waals surface area contributed by atoms with Gasteiger partial charge in [0.15, 0.2) is 0 Å². The highest BCUT2D eigenvalue weighted by atomic mass is 16.2. The summed E-state index contributed by atoms with van der Waals surface area (Å²) in [5.74, 6) is -0.476. The van der Waals surface area contributed by atoms with Crippen LogP contribution in [0, 0.1) is 5.92 Å². The molecule has 2 aromatic carbocycles. The maximum Gasteiger partial charge on any atom is 0.249 e. The summed E-state index contributed by atoms with van der Waals surface area (Å²) in [5.41, 5.74) is 3.01. The van der Waals surface area contributed by atoms with Crippen molar-refractivity contribution in [3.05, 3.63) is 78.6 Å². The molecule has 0 radical (unpaired) electrons. The molecule has 0 aliphatic carbocycles. The van der Waals surface area contributed by atoms with E-state index in [1.165, 1.54) is 16.5 Å². The highest BCUT2D eigenvalue weighted by molar-refractivity contribution is 6.01. The smallest absolute Gasteiger partial charge is 0.249 e. The van der Waals surface area contributed by atoms with Gasteiger partial charge in [0.2, 0.25) is 17.7 Å². The summed E-state index contributed by atoms with van der Waals surface area (Å²) in [4.78, 5) is 44.8. The molecule has 1 atom stereocenters. The maximum absolute atomic E-state index is 14.0. The standard InChI is InChI=1S/C28H31N7O3/c1-19(2)14-16-30-28(38)27(21-7-6-15-29-17-21)35(23-12-10-22(11-13-23)31-20(3)36)26(37)18-34-25-9-5-4-8-24(25)32-33-34/h4-13,15,17,19,27H,14,16,18H2,1-3H3,(H,30,38)(H,31,36). The van der Waals surface area contributed by atoms with Gasteiger partial charge in [-0.25, -0.2) is 4.68 Å². The molecule has 4 rings (SSSR count). The topological polar surface area (TPSA) is 122 Å². The Morgan fingerprint density at radius 1 is 1.00 bits per heavy atom. The van der Waals surface area contributed by atoms with Crippen molar-refractivity contribution in [3.8, 4) is 0 Å². The molecule has 4 aromatic rings. The Labute approximate surface area is 221 Å². The van der Waals surface area contributed by atoms with Gasteiger partial charge in [0, 0.05) is 42.8 Å². The molecule has 0 fully saturated rings. The number of carbonyl (C=O) groups excluding carboxylic acids is 3. The maximum atomic E-state index is 14.0. The van der Waals surface area contributed by atoms with E-state index in [4.69, 9.17) is 0 Å². The van der Waals surface area contributed by atoms with E-state index >= 15 is 0 Å². The highest BCUT2D eigenvalue weighted by Crippen LogP contribution is 2.29. The van der Waals surface area contributed by atoms with Crippen molar-refractivity contribution >= 4 is 40.1 Å². The monoisotopic (exact) mass is 513 g/mol. The number of anilines is 2. The third-order valence-electron chi connectivity index (χ3n) is 5.97. The molecule has 196 valence electrons. The van der Waals surface area contributed by atoms with Crippen LogP contribution >= 0.6 is 0 Å². The number of hydrogen-bond donors (Lipinski definition) is 2. The van der Waals surface area contributed by atoms with Crippen molar-refractivity contribution < 1.29 is 14.4 Å². The number of para-hydroxylation sites is 1. The number of aromatic nitrogens is 4. The van der Waals surface area contributed by atoms with E-state index in [-0.39, 0.29) is 24.3 Å². The first kappa shape index (κ1) is 26.5. The summed E-state index contributed by atoms with van der Waals surface area (Å²) in [7, 11) is 0. The second kappa shape index (κ2) is 12.1. The quantitative estimate of drug-likeness (QED) is 0.333. The zero-order valence-corrected chi connectivity index (χ0v) is 21.7. The van der Waals surface area contributed by atoms with Crippen LogP contribution in [0.25, 0.3) is 11.0 Å². The fourth-order valence-electron chi connectivity index (χ4n) is 4.12. The van der Waals surface area contributed by atoms with Gasteiger partial charge in [-0.1, -0.05) is 37.3 Å². The van der Waals surface area contributed by atoms with Crippen molar-refractivity contribution in [2.24, 2.45) is 5.92 Å². The van der Waals surface area contributed by atoms with Crippen LogP contribution in [0.15, 0.2) is 73.1 Å². The van der Waals surface area contributed by atoms with Gasteiger partial charge in [-0.15, -0.1) is 5.10 Å². The molecule has 0 saturated carbocycles. The molecule has 0 spiro atoms. The predicted molar refractivity (Wildman–Crippen MR) is 145 cm³/mol. The number of carbonyl (C=O) groups is 3. The van der Waals surface area contributed by atoms with Gasteiger partial charge >= 0.3 is 0 Å². The van der Waals surface area contributed by atoms with Crippen LogP contribution in [0.1, 0.15) is 38.8 Å². The van der Waals surface area contributed by atoms with Gasteiger partial charge in [0.1, 0.15) is 18.1 Å². The Morgan fingerprint density at radius 2 is 1.76 bits per heavy atom. The summed E-state index contributed by atoms with van der Waals surface area (Å²) < 4.78 is 1.52. The molecule has 0 bridgehead atoms. The summed E-state index contributed by atoms with van der Waals surface area (Å²) in [6.07, 6.45) is 4.01. The molecule has 38 heavy (non-hydrogen) atoms. The number of fused-ring (bicyclic) bond motifs is 1. The van der Waals surface area contributed by atoms with Gasteiger partial charge in [0.05, 0.1) is 5.52 Å². The molecule has 0 aliphatic rings. The third kappa shape index (κ3) is 6.39. The molecule has 1 unspecified atom stereocenters. The molecular weight excluding hydrogens is 482 g/mol. The Hall–Kier alpha value is -4.60. The third-order valence-corrected chi connectivity index (χ3v) is 5.97. The Kier molecular flexibility index (Phi) is 8.42. The minimum absolute atomic E-state index is 0.135. The number of nitrogens with one attached hydrogen (secondary N) is 2. The first-order chi connectivity index (χ1) is 18.3. The van der Waals surface area contributed by atoms with Gasteiger partial charge in [-0.05, 0) is 54.8 Å². The average Bonchev–Trinajstić information content (AvgIpc) is 3.30. The molecule has 2 N–H and O–H groups in total. The number of pyridine rings is 1. The zero-order chi connectivity index (χ0) is 27.1. The van der Waals surface area contributed by atoms with Crippen LogP contribution in [-0.2, 0) is 20.9 Å². The SMILES string of the molecule is CC(=O)Nc1ccc(N(C(=O)Cn2nnc3ccccc32)C(C(=O)NCCC(C)C)c2cccnc2)cc1. The van der Waals surface area contributed by atoms with E-state index in [0.717, 1.165) is 6.42 Å². The first-order valence-electron chi connectivity index (χ1n) is 12.5. The largest absolute Gasteiger partial charge is 0.354 e. The van der Waals surface area contributed by atoms with Crippen LogP contribution in [0.2, 0.25) is 0 Å². The second-order valence-electron chi connectivity index (χ2n) is 9.39. The Morgan fingerprint density at radius 3 is 2.45 bits per heavy atom. The van der Waals surface area contributed by atoms with Crippen molar-refractivity contribution in [1.29, 1.82) is 0 Å². The molecule has 10 heteroatoms. The highest BCUT2D eigenvalue weighted by Gasteiger charge is 2.33. The molecular formula is C28H31N7O3. The fourth-order valence-corrected chi connectivity index (χ4v) is 4.12. The van der Waals surface area contributed by atoms with Gasteiger partial charge in [-0.2, -0.15) is 0 Å². The number of benzene rings is 2. The van der Waals surface area contributed by atoms with E-state index in [1.807, 2.05) is 24.3 Å². The Balaban J connectivity index is 1.74. The van der Waals surface area contributed by atoms with Gasteiger partial charge < -0.3 is 10.6 Å². The predicted octanol–water partition coefficient (Wildman–Crippen LogP) is 3.72. The van der Waals surface area contributed by atoms with Crippen LogP contribution in [0.4, 0.5) is 11.4 Å². The summed E-state index contributed by atoms with van der Waals surface area (Å²) in [6.45, 7) is 5.93. The lowest BCUT2D eigenvalue weighted by atomic mass is 10.0. The van der Waals surface area contributed by atoms with E-state index in [9.17, 15) is 14.4 Å². The van der Waals surface area contributed by atoms with Gasteiger partial charge in [0.25, 0.3) is 0 Å². The normalized spacial score (nSPS) is 11.8. The average molecular weight is 514 g/mol. The number of nitrogens with zero attached hydrogens (tertiary/aromatic N) is 5. The molecule has 0 saturated heterocycles. The summed E-state index contributed by atoms with van der Waals surface area (Å²) in [6, 6.07) is 16.7. The van der Waals surface area contributed by atoms with E-state index < -0.39 is 6.04 Å². The van der Waals surface area contributed by atoms with E-state index in [1.54, 1.807) is 48.8 Å². The van der Waals surface area contributed by atoms with Crippen LogP contribution in [-0.4, -0.2) is 44.2 Å². The van der Waals surface area contributed by atoms with Crippen LogP contribution in [0.5, 0.6) is 0 Å². The lowest BCUT2D eigenvalue weighted by Gasteiger charge is -2.31. The zero-order valence-electron chi connectivity index (χ0n) is 21.7. The van der Waals surface area contributed by atoms with E-state index in [0.29, 0.717) is 40.4 Å². The molecule has 2 heterocycles. The molecule has 0 aliphatic heterocycles. The van der Waals surface area contributed by atoms with Crippen LogP contribution in [0.3, 0.4) is 0 Å². The van der Waals surface area contributed by atoms with E-state index in [2.05, 4.69) is 39.8 Å². The molecule has 2 aromatic heterocycles. The van der Waals surface area contributed by atoms with Crippen molar-refractivity contribution in [1.82, 2.24) is 25.3 Å². The van der Waals surface area contributed by atoms with Crippen molar-refractivity contribution in [2.45, 2.75) is 39.8 Å². The molecule has 3 amide bonds.